The van der Waals surface area contributed by atoms with Gasteiger partial charge in [0.15, 0.2) is 11.5 Å². The minimum atomic E-state index is -0.117. The van der Waals surface area contributed by atoms with Gasteiger partial charge in [-0.3, -0.25) is 14.5 Å². The van der Waals surface area contributed by atoms with E-state index in [1.54, 1.807) is 31.3 Å². The van der Waals surface area contributed by atoms with Gasteiger partial charge >= 0.3 is 0 Å². The molecule has 0 aliphatic heterocycles. The highest BCUT2D eigenvalue weighted by Gasteiger charge is 2.19. The average Bonchev–Trinajstić information content (AvgIpc) is 3.33. The predicted octanol–water partition coefficient (Wildman–Crippen LogP) is 3.64. The molecule has 8 heteroatoms. The van der Waals surface area contributed by atoms with Gasteiger partial charge in [-0.2, -0.15) is 5.10 Å². The maximum absolute atomic E-state index is 12.6. The van der Waals surface area contributed by atoms with Gasteiger partial charge in [-0.05, 0) is 35.9 Å². The summed E-state index contributed by atoms with van der Waals surface area (Å²) >= 11 is 1.42. The Balaban J connectivity index is 1.64. The zero-order chi connectivity index (χ0) is 20.4. The van der Waals surface area contributed by atoms with E-state index in [2.05, 4.69) is 15.4 Å². The minimum absolute atomic E-state index is 0.117. The molecule has 0 aliphatic carbocycles. The lowest BCUT2D eigenvalue weighted by Crippen LogP contribution is -2.21. The van der Waals surface area contributed by atoms with Gasteiger partial charge in [-0.15, -0.1) is 11.3 Å². The third-order valence-electron chi connectivity index (χ3n) is 4.57. The van der Waals surface area contributed by atoms with Crippen LogP contribution in [-0.2, 0) is 13.6 Å². The first-order valence-corrected chi connectivity index (χ1v) is 9.78. The number of methoxy groups -OCH3 is 2. The van der Waals surface area contributed by atoms with Crippen LogP contribution in [-0.4, -0.2) is 34.9 Å². The first-order chi connectivity index (χ1) is 14.1. The lowest BCUT2D eigenvalue weighted by atomic mass is 10.1. The van der Waals surface area contributed by atoms with Crippen LogP contribution in [0.5, 0.6) is 11.5 Å². The van der Waals surface area contributed by atoms with Crippen molar-refractivity contribution in [2.24, 2.45) is 7.05 Å². The van der Waals surface area contributed by atoms with Crippen LogP contribution in [0.3, 0.4) is 0 Å². The van der Waals surface area contributed by atoms with Crippen LogP contribution < -0.4 is 14.8 Å². The summed E-state index contributed by atoms with van der Waals surface area (Å²) in [6.07, 6.45) is 3.45. The molecule has 29 heavy (non-hydrogen) atoms. The third-order valence-corrected chi connectivity index (χ3v) is 5.77. The van der Waals surface area contributed by atoms with Crippen LogP contribution in [0.1, 0.15) is 15.2 Å². The van der Waals surface area contributed by atoms with Crippen LogP contribution in [0, 0.1) is 0 Å². The standard InChI is InChI=1S/C21H20N4O3S/c1-25-21-15(19(24-25)14-6-7-16(27-2)17(9-14)28-3)10-18(29-21)20(26)23-12-13-5-4-8-22-11-13/h4-11H,12H2,1-3H3,(H,23,26). The second kappa shape index (κ2) is 7.92. The van der Waals surface area contributed by atoms with E-state index in [9.17, 15) is 4.79 Å². The lowest BCUT2D eigenvalue weighted by molar-refractivity contribution is 0.0955. The number of nitrogens with zero attached hydrogens (tertiary/aromatic N) is 3. The number of pyridine rings is 1. The van der Waals surface area contributed by atoms with E-state index in [0.29, 0.717) is 22.9 Å². The van der Waals surface area contributed by atoms with E-state index in [1.165, 1.54) is 11.3 Å². The fourth-order valence-electron chi connectivity index (χ4n) is 3.12. The van der Waals surface area contributed by atoms with Gasteiger partial charge in [0.05, 0.1) is 19.1 Å². The number of amides is 1. The molecule has 0 saturated carbocycles. The number of benzene rings is 1. The zero-order valence-corrected chi connectivity index (χ0v) is 17.1. The molecule has 4 rings (SSSR count). The van der Waals surface area contributed by atoms with Crippen molar-refractivity contribution in [2.45, 2.75) is 6.54 Å². The SMILES string of the molecule is COc1ccc(-c2nn(C)c3sc(C(=O)NCc4cccnc4)cc23)cc1OC. The Labute approximate surface area is 171 Å². The molecular formula is C21H20N4O3S. The quantitative estimate of drug-likeness (QED) is 0.527. The maximum atomic E-state index is 12.6. The number of aromatic nitrogens is 3. The molecule has 0 atom stereocenters. The number of carbonyl (C=O) groups excluding carboxylic acids is 1. The molecule has 3 aromatic heterocycles. The van der Waals surface area contributed by atoms with Gasteiger partial charge in [0.2, 0.25) is 0 Å². The first kappa shape index (κ1) is 18.9. The number of ether oxygens (including phenoxy) is 2. The maximum Gasteiger partial charge on any atom is 0.261 e. The molecule has 148 valence electrons. The molecule has 7 nitrogen and oxygen atoms in total. The molecule has 0 radical (unpaired) electrons. The van der Waals surface area contributed by atoms with Crippen molar-refractivity contribution >= 4 is 27.5 Å². The number of hydrogen-bond donors (Lipinski definition) is 1. The number of aryl methyl sites for hydroxylation is 1. The molecule has 1 N–H and O–H groups in total. The number of fused-ring (bicyclic) bond motifs is 1. The number of thiophene rings is 1. The predicted molar refractivity (Wildman–Crippen MR) is 113 cm³/mol. The summed E-state index contributed by atoms with van der Waals surface area (Å²) in [4.78, 5) is 18.3. The van der Waals surface area contributed by atoms with Gasteiger partial charge in [-0.1, -0.05) is 6.07 Å². The van der Waals surface area contributed by atoms with Crippen molar-refractivity contribution in [3.63, 3.8) is 0 Å². The van der Waals surface area contributed by atoms with Crippen molar-refractivity contribution in [1.82, 2.24) is 20.1 Å². The molecule has 0 unspecified atom stereocenters. The Hall–Kier alpha value is -3.39. The Morgan fingerprint density at radius 3 is 2.72 bits per heavy atom. The summed E-state index contributed by atoms with van der Waals surface area (Å²) in [5.74, 6) is 1.17. The molecule has 0 spiro atoms. The van der Waals surface area contributed by atoms with E-state index in [-0.39, 0.29) is 5.91 Å². The summed E-state index contributed by atoms with van der Waals surface area (Å²) < 4.78 is 12.5. The molecule has 0 aliphatic rings. The van der Waals surface area contributed by atoms with Crippen LogP contribution in [0.25, 0.3) is 21.5 Å². The van der Waals surface area contributed by atoms with Crippen LogP contribution >= 0.6 is 11.3 Å². The third kappa shape index (κ3) is 3.66. The average molecular weight is 408 g/mol. The summed E-state index contributed by atoms with van der Waals surface area (Å²) in [6, 6.07) is 11.3. The highest BCUT2D eigenvalue weighted by molar-refractivity contribution is 7.20. The van der Waals surface area contributed by atoms with E-state index in [4.69, 9.17) is 9.47 Å². The highest BCUT2D eigenvalue weighted by atomic mass is 32.1. The molecular weight excluding hydrogens is 388 g/mol. The summed E-state index contributed by atoms with van der Waals surface area (Å²) in [7, 11) is 5.08. The van der Waals surface area contributed by atoms with Gasteiger partial charge < -0.3 is 14.8 Å². The van der Waals surface area contributed by atoms with Crippen molar-refractivity contribution in [2.75, 3.05) is 14.2 Å². The second-order valence-electron chi connectivity index (χ2n) is 6.42. The van der Waals surface area contributed by atoms with E-state index < -0.39 is 0 Å². The minimum Gasteiger partial charge on any atom is -0.493 e. The van der Waals surface area contributed by atoms with Crippen molar-refractivity contribution in [3.05, 3.63) is 59.2 Å². The number of hydrogen-bond acceptors (Lipinski definition) is 6. The highest BCUT2D eigenvalue weighted by Crippen LogP contribution is 2.37. The Morgan fingerprint density at radius 1 is 1.17 bits per heavy atom. The fraction of sp³-hybridized carbons (Fsp3) is 0.190. The molecule has 0 bridgehead atoms. The van der Waals surface area contributed by atoms with Gasteiger partial charge in [0.25, 0.3) is 5.91 Å². The largest absolute Gasteiger partial charge is 0.493 e. The van der Waals surface area contributed by atoms with E-state index in [1.807, 2.05) is 43.4 Å². The van der Waals surface area contributed by atoms with Gasteiger partial charge in [-0.25, -0.2) is 0 Å². The normalized spacial score (nSPS) is 10.9. The molecule has 1 aromatic carbocycles. The van der Waals surface area contributed by atoms with Crippen LogP contribution in [0.15, 0.2) is 48.8 Å². The van der Waals surface area contributed by atoms with E-state index in [0.717, 1.165) is 27.0 Å². The molecule has 0 fully saturated rings. The topological polar surface area (TPSA) is 78.3 Å². The molecule has 4 aromatic rings. The van der Waals surface area contributed by atoms with Crippen LogP contribution in [0.4, 0.5) is 0 Å². The Kier molecular flexibility index (Phi) is 5.18. The van der Waals surface area contributed by atoms with Crippen molar-refractivity contribution in [1.29, 1.82) is 0 Å². The molecule has 3 heterocycles. The van der Waals surface area contributed by atoms with Crippen molar-refractivity contribution in [3.8, 4) is 22.8 Å². The zero-order valence-electron chi connectivity index (χ0n) is 16.3. The number of rotatable bonds is 6. The Bertz CT molecular complexity index is 1170. The summed E-state index contributed by atoms with van der Waals surface area (Å²) in [5.41, 5.74) is 2.65. The van der Waals surface area contributed by atoms with E-state index >= 15 is 0 Å². The fourth-order valence-corrected chi connectivity index (χ4v) is 4.11. The van der Waals surface area contributed by atoms with Crippen molar-refractivity contribution < 1.29 is 14.3 Å². The summed E-state index contributed by atoms with van der Waals surface area (Å²) in [6.45, 7) is 0.432. The van der Waals surface area contributed by atoms with Gasteiger partial charge in [0.1, 0.15) is 10.5 Å². The smallest absolute Gasteiger partial charge is 0.261 e. The second-order valence-corrected chi connectivity index (χ2v) is 7.45. The number of carbonyl (C=O) groups is 1. The summed E-state index contributed by atoms with van der Waals surface area (Å²) in [5, 5.41) is 8.51. The molecule has 1 amide bonds. The lowest BCUT2D eigenvalue weighted by Gasteiger charge is -2.08. The first-order valence-electron chi connectivity index (χ1n) is 8.96. The monoisotopic (exact) mass is 408 g/mol. The van der Waals surface area contributed by atoms with Gasteiger partial charge in [0, 0.05) is 36.9 Å². The molecule has 0 saturated heterocycles. The van der Waals surface area contributed by atoms with Crippen LogP contribution in [0.2, 0.25) is 0 Å². The number of nitrogens with one attached hydrogen (secondary N) is 1. The Morgan fingerprint density at radius 2 is 2.00 bits per heavy atom.